The van der Waals surface area contributed by atoms with Gasteiger partial charge in [-0.05, 0) is 6.07 Å². The average molecular weight is 300 g/mol. The number of carbonyl (C=O) groups excluding carboxylic acids is 1. The largest absolute Gasteiger partial charge is 0.465 e. The van der Waals surface area contributed by atoms with E-state index in [1.807, 2.05) is 48.5 Å². The van der Waals surface area contributed by atoms with Crippen LogP contribution >= 0.6 is 0 Å². The molecule has 0 fully saturated rings. The molecule has 0 unspecified atom stereocenters. The van der Waals surface area contributed by atoms with Crippen LogP contribution in [0.4, 0.5) is 0 Å². The second-order valence-electron chi connectivity index (χ2n) is 5.37. The number of benzene rings is 3. The molecule has 3 heteroatoms. The maximum absolute atomic E-state index is 11.8. The zero-order chi connectivity index (χ0) is 16.1. The Morgan fingerprint density at radius 2 is 1.26 bits per heavy atom. The number of esters is 1. The molecule has 0 bridgehead atoms. The van der Waals surface area contributed by atoms with Crippen LogP contribution in [-0.2, 0) is 4.74 Å². The Bertz CT molecular complexity index is 746. The van der Waals surface area contributed by atoms with E-state index in [4.69, 9.17) is 4.74 Å². The summed E-state index contributed by atoms with van der Waals surface area (Å²) >= 11 is 0. The molecule has 0 aliphatic carbocycles. The summed E-state index contributed by atoms with van der Waals surface area (Å²) in [7, 11) is 1.40. The van der Waals surface area contributed by atoms with Gasteiger partial charge in [-0.15, -0.1) is 0 Å². The van der Waals surface area contributed by atoms with E-state index in [1.165, 1.54) is 18.0 Å². The Kier molecular flexibility index (Phi) is 4.58. The number of hydrogen-bond donors (Lipinski definition) is 0. The molecule has 0 aliphatic heterocycles. The van der Waals surface area contributed by atoms with Gasteiger partial charge in [0.05, 0.1) is 12.7 Å². The number of rotatable bonds is 4. The van der Waals surface area contributed by atoms with Crippen LogP contribution in [0.3, 0.4) is 0 Å². The molecule has 0 saturated carbocycles. The van der Waals surface area contributed by atoms with E-state index in [0.717, 1.165) is 5.46 Å². The summed E-state index contributed by atoms with van der Waals surface area (Å²) < 4.78 is 4.84. The van der Waals surface area contributed by atoms with Crippen molar-refractivity contribution in [1.82, 2.24) is 0 Å². The van der Waals surface area contributed by atoms with Gasteiger partial charge in [0, 0.05) is 0 Å². The lowest BCUT2D eigenvalue weighted by molar-refractivity contribution is 0.0601. The van der Waals surface area contributed by atoms with Crippen LogP contribution in [0.25, 0.3) is 0 Å². The van der Waals surface area contributed by atoms with Gasteiger partial charge in [-0.25, -0.2) is 4.79 Å². The summed E-state index contributed by atoms with van der Waals surface area (Å²) in [5, 5.41) is 0. The fourth-order valence-corrected chi connectivity index (χ4v) is 2.83. The Hall–Kier alpha value is -2.81. The van der Waals surface area contributed by atoms with E-state index in [0.29, 0.717) is 5.56 Å². The highest BCUT2D eigenvalue weighted by Crippen LogP contribution is 2.02. The molecule has 3 rings (SSSR count). The molecule has 0 spiro atoms. The van der Waals surface area contributed by atoms with E-state index in [9.17, 15) is 4.79 Å². The minimum Gasteiger partial charge on any atom is -0.465 e. The molecule has 0 saturated heterocycles. The molecular formula is C20H17BO2. The van der Waals surface area contributed by atoms with Crippen molar-refractivity contribution in [3.63, 3.8) is 0 Å². The summed E-state index contributed by atoms with van der Waals surface area (Å²) in [4.78, 5) is 11.8. The highest BCUT2D eigenvalue weighted by molar-refractivity contribution is 6.95. The molecule has 2 nitrogen and oxygen atoms in total. The van der Waals surface area contributed by atoms with Gasteiger partial charge in [0.25, 0.3) is 0 Å². The third kappa shape index (κ3) is 3.34. The van der Waals surface area contributed by atoms with Gasteiger partial charge in [-0.3, -0.25) is 0 Å². The SMILES string of the molecule is COC(=O)c1cccc(B(c2ccccc2)c2ccccc2)c1. The first-order chi connectivity index (χ1) is 11.3. The van der Waals surface area contributed by atoms with Crippen LogP contribution in [0.1, 0.15) is 10.4 Å². The van der Waals surface area contributed by atoms with Crippen molar-refractivity contribution in [2.75, 3.05) is 7.11 Å². The van der Waals surface area contributed by atoms with Crippen LogP contribution in [0.15, 0.2) is 84.9 Å². The van der Waals surface area contributed by atoms with Crippen molar-refractivity contribution >= 4 is 29.1 Å². The standard InChI is InChI=1S/C20H17BO2/c1-23-20(22)16-9-8-14-19(15-16)21(17-10-4-2-5-11-17)18-12-6-3-7-13-18/h2-15H,1H3. The third-order valence-corrected chi connectivity index (χ3v) is 3.91. The van der Waals surface area contributed by atoms with Gasteiger partial charge in [0.15, 0.2) is 0 Å². The molecule has 23 heavy (non-hydrogen) atoms. The van der Waals surface area contributed by atoms with Crippen LogP contribution in [0, 0.1) is 0 Å². The fourth-order valence-electron chi connectivity index (χ4n) is 2.83. The van der Waals surface area contributed by atoms with E-state index in [-0.39, 0.29) is 12.7 Å². The average Bonchev–Trinajstić information content (AvgIpc) is 2.63. The smallest absolute Gasteiger partial charge is 0.337 e. The van der Waals surface area contributed by atoms with E-state index in [2.05, 4.69) is 30.3 Å². The van der Waals surface area contributed by atoms with E-state index < -0.39 is 0 Å². The second kappa shape index (κ2) is 6.97. The van der Waals surface area contributed by atoms with Gasteiger partial charge in [0.1, 0.15) is 0 Å². The third-order valence-electron chi connectivity index (χ3n) is 3.91. The zero-order valence-electron chi connectivity index (χ0n) is 13.0. The predicted octanol–water partition coefficient (Wildman–Crippen LogP) is 1.99. The van der Waals surface area contributed by atoms with Crippen LogP contribution in [0.2, 0.25) is 0 Å². The van der Waals surface area contributed by atoms with Crippen molar-refractivity contribution in [3.05, 3.63) is 90.5 Å². The molecule has 0 atom stereocenters. The van der Waals surface area contributed by atoms with Crippen LogP contribution in [0.5, 0.6) is 0 Å². The lowest BCUT2D eigenvalue weighted by atomic mass is 9.37. The van der Waals surface area contributed by atoms with E-state index >= 15 is 0 Å². The summed E-state index contributed by atoms with van der Waals surface area (Å²) in [6, 6.07) is 28.3. The number of ether oxygens (including phenoxy) is 1. The first-order valence-corrected chi connectivity index (χ1v) is 7.58. The second-order valence-corrected chi connectivity index (χ2v) is 5.37. The molecule has 0 radical (unpaired) electrons. The normalized spacial score (nSPS) is 10.1. The summed E-state index contributed by atoms with van der Waals surface area (Å²) in [6.07, 6.45) is 0. The molecule has 0 heterocycles. The maximum Gasteiger partial charge on any atom is 0.337 e. The fraction of sp³-hybridized carbons (Fsp3) is 0.0500. The summed E-state index contributed by atoms with van der Waals surface area (Å²) in [5.41, 5.74) is 4.04. The summed E-state index contributed by atoms with van der Waals surface area (Å²) in [6.45, 7) is 0.0852. The topological polar surface area (TPSA) is 26.3 Å². The number of carbonyl (C=O) groups is 1. The Morgan fingerprint density at radius 1 is 0.739 bits per heavy atom. The molecule has 0 aliphatic rings. The first kappa shape index (κ1) is 15.1. The highest BCUT2D eigenvalue weighted by atomic mass is 16.5. The minimum absolute atomic E-state index is 0.0852. The van der Waals surface area contributed by atoms with Gasteiger partial charge in [-0.1, -0.05) is 95.3 Å². The number of hydrogen-bond acceptors (Lipinski definition) is 2. The molecule has 0 N–H and O–H groups in total. The Morgan fingerprint density at radius 3 is 1.78 bits per heavy atom. The molecule has 3 aromatic carbocycles. The molecule has 3 aromatic rings. The molecular weight excluding hydrogens is 283 g/mol. The van der Waals surface area contributed by atoms with Gasteiger partial charge < -0.3 is 4.74 Å². The minimum atomic E-state index is -0.313. The van der Waals surface area contributed by atoms with Crippen molar-refractivity contribution < 1.29 is 9.53 Å². The van der Waals surface area contributed by atoms with Crippen molar-refractivity contribution in [2.45, 2.75) is 0 Å². The van der Waals surface area contributed by atoms with Crippen molar-refractivity contribution in [3.8, 4) is 0 Å². The van der Waals surface area contributed by atoms with Gasteiger partial charge >= 0.3 is 5.97 Å². The lowest BCUT2D eigenvalue weighted by Gasteiger charge is -2.16. The monoisotopic (exact) mass is 300 g/mol. The van der Waals surface area contributed by atoms with Crippen LogP contribution < -0.4 is 16.4 Å². The van der Waals surface area contributed by atoms with Crippen LogP contribution in [-0.4, -0.2) is 19.8 Å². The lowest BCUT2D eigenvalue weighted by Crippen LogP contribution is -2.52. The Labute approximate surface area is 136 Å². The van der Waals surface area contributed by atoms with Gasteiger partial charge in [0.2, 0.25) is 6.71 Å². The summed E-state index contributed by atoms with van der Waals surface area (Å²) in [5.74, 6) is -0.313. The molecule has 112 valence electrons. The highest BCUT2D eigenvalue weighted by Gasteiger charge is 2.22. The first-order valence-electron chi connectivity index (χ1n) is 7.58. The quantitative estimate of drug-likeness (QED) is 0.544. The van der Waals surface area contributed by atoms with Crippen molar-refractivity contribution in [1.29, 1.82) is 0 Å². The van der Waals surface area contributed by atoms with Gasteiger partial charge in [-0.2, -0.15) is 0 Å². The maximum atomic E-state index is 11.8. The molecule has 0 aromatic heterocycles. The van der Waals surface area contributed by atoms with Crippen molar-refractivity contribution in [2.24, 2.45) is 0 Å². The molecule has 0 amide bonds. The zero-order valence-corrected chi connectivity index (χ0v) is 13.0. The van der Waals surface area contributed by atoms with E-state index in [1.54, 1.807) is 6.07 Å². The number of methoxy groups -OCH3 is 1. The predicted molar refractivity (Wildman–Crippen MR) is 95.3 cm³/mol. The Balaban J connectivity index is 2.11.